The second-order valence-electron chi connectivity index (χ2n) is 4.57. The van der Waals surface area contributed by atoms with Crippen molar-refractivity contribution in [3.8, 4) is 11.1 Å². The number of benzene rings is 2. The summed E-state index contributed by atoms with van der Waals surface area (Å²) in [5.41, 5.74) is 5.54. The molecule has 1 heterocycles. The van der Waals surface area contributed by atoms with E-state index in [9.17, 15) is 4.39 Å². The van der Waals surface area contributed by atoms with Crippen LogP contribution in [0.1, 0.15) is 11.1 Å². The summed E-state index contributed by atoms with van der Waals surface area (Å²) < 4.78 is 13.4. The van der Waals surface area contributed by atoms with Crippen LogP contribution in [0.25, 0.3) is 11.1 Å². The van der Waals surface area contributed by atoms with E-state index in [1.54, 1.807) is 12.1 Å². The fraction of sp³-hybridized carbons (Fsp3) is 0.200. The lowest BCUT2D eigenvalue weighted by atomic mass is 10.0. The summed E-state index contributed by atoms with van der Waals surface area (Å²) in [6.45, 7) is 2.92. The number of anilines is 1. The average molecular weight is 227 g/mol. The number of rotatable bonds is 1. The van der Waals surface area contributed by atoms with E-state index in [4.69, 9.17) is 0 Å². The Morgan fingerprint density at radius 2 is 1.94 bits per heavy atom. The summed E-state index contributed by atoms with van der Waals surface area (Å²) in [4.78, 5) is 0. The second kappa shape index (κ2) is 3.88. The van der Waals surface area contributed by atoms with Crippen LogP contribution in [0.3, 0.4) is 0 Å². The van der Waals surface area contributed by atoms with E-state index in [0.717, 1.165) is 29.7 Å². The largest absolute Gasteiger partial charge is 0.384 e. The van der Waals surface area contributed by atoms with Crippen molar-refractivity contribution in [3.05, 3.63) is 53.3 Å². The van der Waals surface area contributed by atoms with E-state index in [2.05, 4.69) is 17.4 Å². The molecule has 0 saturated carbocycles. The summed E-state index contributed by atoms with van der Waals surface area (Å²) in [6, 6.07) is 11.5. The predicted molar refractivity (Wildman–Crippen MR) is 68.8 cm³/mol. The van der Waals surface area contributed by atoms with E-state index >= 15 is 0 Å². The zero-order valence-corrected chi connectivity index (χ0v) is 9.76. The second-order valence-corrected chi connectivity index (χ2v) is 4.57. The maximum Gasteiger partial charge on any atom is 0.124 e. The lowest BCUT2D eigenvalue weighted by Gasteiger charge is -2.06. The van der Waals surface area contributed by atoms with Gasteiger partial charge in [-0.05, 0) is 59.9 Å². The van der Waals surface area contributed by atoms with Crippen LogP contribution in [0.15, 0.2) is 36.4 Å². The van der Waals surface area contributed by atoms with Gasteiger partial charge >= 0.3 is 0 Å². The standard InChI is InChI=1S/C15H14FN/c1-10-6-13(9-14(16)7-10)11-2-3-15-12(8-11)4-5-17-15/h2-3,6-9,17H,4-5H2,1H3. The molecule has 17 heavy (non-hydrogen) atoms. The van der Waals surface area contributed by atoms with Crippen LogP contribution in [-0.4, -0.2) is 6.54 Å². The van der Waals surface area contributed by atoms with Crippen molar-refractivity contribution in [2.75, 3.05) is 11.9 Å². The molecule has 0 saturated heterocycles. The lowest BCUT2D eigenvalue weighted by molar-refractivity contribution is 0.627. The van der Waals surface area contributed by atoms with Gasteiger partial charge in [-0.2, -0.15) is 0 Å². The van der Waals surface area contributed by atoms with E-state index in [1.807, 2.05) is 19.1 Å². The number of halogens is 1. The van der Waals surface area contributed by atoms with Crippen molar-refractivity contribution in [2.45, 2.75) is 13.3 Å². The molecule has 2 aromatic carbocycles. The molecule has 2 aromatic rings. The predicted octanol–water partition coefficient (Wildman–Crippen LogP) is 3.77. The van der Waals surface area contributed by atoms with Crippen LogP contribution >= 0.6 is 0 Å². The van der Waals surface area contributed by atoms with Gasteiger partial charge < -0.3 is 5.32 Å². The van der Waals surface area contributed by atoms with Crippen molar-refractivity contribution in [2.24, 2.45) is 0 Å². The SMILES string of the molecule is Cc1cc(F)cc(-c2ccc3c(c2)CCN3)c1. The first-order chi connectivity index (χ1) is 8.22. The van der Waals surface area contributed by atoms with E-state index in [1.165, 1.54) is 11.3 Å². The summed E-state index contributed by atoms with van der Waals surface area (Å²) >= 11 is 0. The summed E-state index contributed by atoms with van der Waals surface area (Å²) in [5, 5.41) is 3.33. The van der Waals surface area contributed by atoms with Gasteiger partial charge in [0.05, 0.1) is 0 Å². The van der Waals surface area contributed by atoms with Gasteiger partial charge in [-0.25, -0.2) is 4.39 Å². The van der Waals surface area contributed by atoms with Crippen molar-refractivity contribution in [1.82, 2.24) is 0 Å². The molecule has 0 atom stereocenters. The molecule has 2 heteroatoms. The Balaban J connectivity index is 2.09. The highest BCUT2D eigenvalue weighted by Crippen LogP contribution is 2.29. The van der Waals surface area contributed by atoms with Gasteiger partial charge in [0, 0.05) is 12.2 Å². The Kier molecular flexibility index (Phi) is 2.36. The quantitative estimate of drug-likeness (QED) is 0.782. The molecule has 86 valence electrons. The van der Waals surface area contributed by atoms with E-state index in [-0.39, 0.29) is 5.82 Å². The molecular formula is C15H14FN. The van der Waals surface area contributed by atoms with Gasteiger partial charge in [0.1, 0.15) is 5.82 Å². The molecule has 0 aromatic heterocycles. The number of nitrogens with one attached hydrogen (secondary N) is 1. The number of hydrogen-bond acceptors (Lipinski definition) is 1. The molecule has 1 aliphatic heterocycles. The Hall–Kier alpha value is -1.83. The van der Waals surface area contributed by atoms with Crippen LogP contribution in [0.4, 0.5) is 10.1 Å². The normalized spacial score (nSPS) is 13.3. The van der Waals surface area contributed by atoms with Gasteiger partial charge in [-0.3, -0.25) is 0 Å². The van der Waals surface area contributed by atoms with Crippen molar-refractivity contribution in [1.29, 1.82) is 0 Å². The molecule has 0 radical (unpaired) electrons. The van der Waals surface area contributed by atoms with Crippen LogP contribution in [0, 0.1) is 12.7 Å². The smallest absolute Gasteiger partial charge is 0.124 e. The molecule has 0 bridgehead atoms. The highest BCUT2D eigenvalue weighted by Gasteiger charge is 2.11. The highest BCUT2D eigenvalue weighted by molar-refractivity contribution is 5.70. The zero-order valence-electron chi connectivity index (χ0n) is 9.76. The number of hydrogen-bond donors (Lipinski definition) is 1. The molecule has 1 nitrogen and oxygen atoms in total. The Bertz CT molecular complexity index is 555. The van der Waals surface area contributed by atoms with Crippen LogP contribution in [-0.2, 0) is 6.42 Å². The monoisotopic (exact) mass is 227 g/mol. The minimum Gasteiger partial charge on any atom is -0.384 e. The van der Waals surface area contributed by atoms with Crippen molar-refractivity contribution >= 4 is 5.69 Å². The van der Waals surface area contributed by atoms with Gasteiger partial charge in [0.2, 0.25) is 0 Å². The summed E-state index contributed by atoms with van der Waals surface area (Å²) in [6.07, 6.45) is 1.05. The van der Waals surface area contributed by atoms with Crippen LogP contribution in [0.5, 0.6) is 0 Å². The molecule has 0 fully saturated rings. The number of fused-ring (bicyclic) bond motifs is 1. The maximum absolute atomic E-state index is 13.4. The first kappa shape index (κ1) is 10.3. The maximum atomic E-state index is 13.4. The first-order valence-corrected chi connectivity index (χ1v) is 5.87. The van der Waals surface area contributed by atoms with Gasteiger partial charge in [0.25, 0.3) is 0 Å². The molecule has 3 rings (SSSR count). The zero-order chi connectivity index (χ0) is 11.8. The molecule has 1 aliphatic rings. The Labute approximate surface area is 100 Å². The lowest BCUT2D eigenvalue weighted by Crippen LogP contribution is -1.90. The van der Waals surface area contributed by atoms with Gasteiger partial charge in [-0.1, -0.05) is 12.1 Å². The minimum absolute atomic E-state index is 0.168. The van der Waals surface area contributed by atoms with Crippen molar-refractivity contribution < 1.29 is 4.39 Å². The first-order valence-electron chi connectivity index (χ1n) is 5.87. The number of aryl methyl sites for hydroxylation is 1. The van der Waals surface area contributed by atoms with E-state index < -0.39 is 0 Å². The van der Waals surface area contributed by atoms with Crippen molar-refractivity contribution in [3.63, 3.8) is 0 Å². The Morgan fingerprint density at radius 3 is 2.76 bits per heavy atom. The topological polar surface area (TPSA) is 12.0 Å². The highest BCUT2D eigenvalue weighted by atomic mass is 19.1. The minimum atomic E-state index is -0.168. The molecule has 0 aliphatic carbocycles. The average Bonchev–Trinajstić information content (AvgIpc) is 2.74. The summed E-state index contributed by atoms with van der Waals surface area (Å²) in [7, 11) is 0. The third kappa shape index (κ3) is 1.91. The fourth-order valence-corrected chi connectivity index (χ4v) is 2.39. The van der Waals surface area contributed by atoms with E-state index in [0.29, 0.717) is 0 Å². The molecule has 1 N–H and O–H groups in total. The van der Waals surface area contributed by atoms with Crippen LogP contribution in [0.2, 0.25) is 0 Å². The van der Waals surface area contributed by atoms with Gasteiger partial charge in [0.15, 0.2) is 0 Å². The van der Waals surface area contributed by atoms with Crippen LogP contribution < -0.4 is 5.32 Å². The molecule has 0 unspecified atom stereocenters. The third-order valence-corrected chi connectivity index (χ3v) is 3.19. The fourth-order valence-electron chi connectivity index (χ4n) is 2.39. The molecule has 0 spiro atoms. The summed E-state index contributed by atoms with van der Waals surface area (Å²) in [5.74, 6) is -0.168. The Morgan fingerprint density at radius 1 is 1.06 bits per heavy atom. The molecular weight excluding hydrogens is 213 g/mol. The third-order valence-electron chi connectivity index (χ3n) is 3.19. The molecule has 0 amide bonds. The van der Waals surface area contributed by atoms with Gasteiger partial charge in [-0.15, -0.1) is 0 Å².